The van der Waals surface area contributed by atoms with Crippen LogP contribution in [0.1, 0.15) is 31.9 Å². The lowest BCUT2D eigenvalue weighted by Gasteiger charge is -2.23. The third kappa shape index (κ3) is 8.47. The van der Waals surface area contributed by atoms with Crippen LogP contribution in [0.3, 0.4) is 0 Å². The van der Waals surface area contributed by atoms with Gasteiger partial charge in [-0.05, 0) is 31.9 Å². The molecule has 0 saturated carbocycles. The molecule has 0 fully saturated rings. The highest BCUT2D eigenvalue weighted by atomic mass is 16.6. The first-order chi connectivity index (χ1) is 13.7. The number of rotatable bonds is 6. The fourth-order valence-electron chi connectivity index (χ4n) is 2.55. The maximum Gasteiger partial charge on any atom is 0.408 e. The number of hydrogen-bond acceptors (Lipinski definition) is 4. The largest absolute Gasteiger partial charge is 0.444 e. The Morgan fingerprint density at radius 1 is 0.862 bits per heavy atom. The van der Waals surface area contributed by atoms with Crippen LogP contribution in [0, 0.1) is 0 Å². The van der Waals surface area contributed by atoms with E-state index in [2.05, 4.69) is 16.2 Å². The number of hydrazine groups is 1. The van der Waals surface area contributed by atoms with E-state index in [4.69, 9.17) is 4.74 Å². The lowest BCUT2D eigenvalue weighted by atomic mass is 10.1. The molecule has 0 radical (unpaired) electrons. The Morgan fingerprint density at radius 2 is 1.41 bits per heavy atom. The first-order valence-corrected chi connectivity index (χ1v) is 9.39. The molecule has 7 nitrogen and oxygen atoms in total. The van der Waals surface area contributed by atoms with Gasteiger partial charge in [-0.25, -0.2) is 4.79 Å². The van der Waals surface area contributed by atoms with E-state index in [1.54, 1.807) is 20.8 Å². The number of hydrogen-bond donors (Lipinski definition) is 3. The number of carbonyl (C=O) groups is 3. The molecule has 0 bridgehead atoms. The summed E-state index contributed by atoms with van der Waals surface area (Å²) in [6.07, 6.45) is -0.325. The van der Waals surface area contributed by atoms with Gasteiger partial charge < -0.3 is 10.1 Å². The van der Waals surface area contributed by atoms with Gasteiger partial charge in [0, 0.05) is 6.42 Å². The Hall–Kier alpha value is -3.35. The van der Waals surface area contributed by atoms with Crippen molar-refractivity contribution in [2.24, 2.45) is 0 Å². The monoisotopic (exact) mass is 397 g/mol. The number of amides is 3. The van der Waals surface area contributed by atoms with Crippen molar-refractivity contribution in [1.29, 1.82) is 0 Å². The maximum absolute atomic E-state index is 12.6. The van der Waals surface area contributed by atoms with Crippen molar-refractivity contribution < 1.29 is 19.1 Å². The molecule has 0 heterocycles. The molecule has 7 heteroatoms. The summed E-state index contributed by atoms with van der Waals surface area (Å²) in [7, 11) is 0. The van der Waals surface area contributed by atoms with Gasteiger partial charge in [0.2, 0.25) is 5.91 Å². The van der Waals surface area contributed by atoms with E-state index in [9.17, 15) is 14.4 Å². The average Bonchev–Trinajstić information content (AvgIpc) is 2.66. The number of ether oxygens (including phenoxy) is 1. The molecule has 3 N–H and O–H groups in total. The number of nitrogens with one attached hydrogen (secondary N) is 3. The normalized spacial score (nSPS) is 11.8. The van der Waals surface area contributed by atoms with Gasteiger partial charge in [0.05, 0.1) is 6.42 Å². The summed E-state index contributed by atoms with van der Waals surface area (Å²) in [5.74, 6) is -0.901. The summed E-state index contributed by atoms with van der Waals surface area (Å²) in [6, 6.07) is 17.5. The second-order valence-corrected chi connectivity index (χ2v) is 7.59. The predicted octanol–water partition coefficient (Wildman–Crippen LogP) is 2.51. The molecule has 0 aliphatic rings. The van der Waals surface area contributed by atoms with Crippen LogP contribution in [-0.2, 0) is 27.2 Å². The second kappa shape index (κ2) is 10.3. The maximum atomic E-state index is 12.6. The van der Waals surface area contributed by atoms with Crippen molar-refractivity contribution in [3.8, 4) is 0 Å². The van der Waals surface area contributed by atoms with Crippen molar-refractivity contribution in [3.05, 3.63) is 71.8 Å². The Kier molecular flexibility index (Phi) is 7.77. The molecule has 0 aromatic heterocycles. The minimum atomic E-state index is -0.913. The van der Waals surface area contributed by atoms with E-state index in [1.807, 2.05) is 60.7 Å². The van der Waals surface area contributed by atoms with Crippen LogP contribution >= 0.6 is 0 Å². The summed E-state index contributed by atoms with van der Waals surface area (Å²) in [5.41, 5.74) is 5.76. The Morgan fingerprint density at radius 3 is 1.97 bits per heavy atom. The summed E-state index contributed by atoms with van der Waals surface area (Å²) in [4.78, 5) is 36.8. The quantitative estimate of drug-likeness (QED) is 0.653. The van der Waals surface area contributed by atoms with Crippen molar-refractivity contribution in [2.45, 2.75) is 45.3 Å². The minimum absolute atomic E-state index is 0.129. The van der Waals surface area contributed by atoms with E-state index in [1.165, 1.54) is 0 Å². The van der Waals surface area contributed by atoms with Crippen molar-refractivity contribution in [3.63, 3.8) is 0 Å². The van der Waals surface area contributed by atoms with Crippen LogP contribution in [-0.4, -0.2) is 29.6 Å². The molecule has 29 heavy (non-hydrogen) atoms. The highest BCUT2D eigenvalue weighted by Gasteiger charge is 2.25. The van der Waals surface area contributed by atoms with E-state index in [0.717, 1.165) is 11.1 Å². The summed E-state index contributed by atoms with van der Waals surface area (Å²) in [5, 5.41) is 2.57. The smallest absolute Gasteiger partial charge is 0.408 e. The molecule has 0 unspecified atom stereocenters. The highest BCUT2D eigenvalue weighted by molar-refractivity contribution is 5.88. The van der Waals surface area contributed by atoms with E-state index < -0.39 is 23.6 Å². The minimum Gasteiger partial charge on any atom is -0.444 e. The SMILES string of the molecule is CC(C)(C)OC(=O)N[C@@H](Cc1ccccc1)C(=O)NNC(=O)Cc1ccccc1. The predicted molar refractivity (Wildman–Crippen MR) is 110 cm³/mol. The highest BCUT2D eigenvalue weighted by Crippen LogP contribution is 2.08. The number of carbonyl (C=O) groups excluding carboxylic acids is 3. The van der Waals surface area contributed by atoms with Crippen LogP contribution in [0.4, 0.5) is 4.79 Å². The standard InChI is InChI=1S/C22H27N3O4/c1-22(2,3)29-21(28)23-18(14-16-10-6-4-7-11-16)20(27)25-24-19(26)15-17-12-8-5-9-13-17/h4-13,18H,14-15H2,1-3H3,(H,23,28)(H,24,26)(H,25,27)/t18-/m0/s1. The number of alkyl carbamates (subject to hydrolysis) is 1. The summed E-state index contributed by atoms with van der Waals surface area (Å²) >= 11 is 0. The van der Waals surface area contributed by atoms with Gasteiger partial charge >= 0.3 is 6.09 Å². The molecule has 1 atom stereocenters. The van der Waals surface area contributed by atoms with E-state index >= 15 is 0 Å². The van der Waals surface area contributed by atoms with Gasteiger partial charge in [-0.2, -0.15) is 0 Å². The zero-order valence-corrected chi connectivity index (χ0v) is 16.9. The Labute approximate surface area is 170 Å². The lowest BCUT2D eigenvalue weighted by molar-refractivity contribution is -0.129. The van der Waals surface area contributed by atoms with Crippen LogP contribution in [0.2, 0.25) is 0 Å². The first-order valence-electron chi connectivity index (χ1n) is 9.39. The molecule has 154 valence electrons. The molecule has 3 amide bonds. The van der Waals surface area contributed by atoms with E-state index in [0.29, 0.717) is 0 Å². The molecular formula is C22H27N3O4. The van der Waals surface area contributed by atoms with Crippen molar-refractivity contribution in [2.75, 3.05) is 0 Å². The zero-order valence-electron chi connectivity index (χ0n) is 16.9. The fourth-order valence-corrected chi connectivity index (χ4v) is 2.55. The van der Waals surface area contributed by atoms with Gasteiger partial charge in [-0.3, -0.25) is 20.4 Å². The van der Waals surface area contributed by atoms with Gasteiger partial charge in [0.25, 0.3) is 5.91 Å². The Balaban J connectivity index is 1.97. The second-order valence-electron chi connectivity index (χ2n) is 7.59. The zero-order chi connectivity index (χ0) is 21.3. The van der Waals surface area contributed by atoms with Crippen LogP contribution in [0.5, 0.6) is 0 Å². The first kappa shape index (κ1) is 21.9. The third-order valence-corrected chi connectivity index (χ3v) is 3.82. The molecule has 0 aliphatic carbocycles. The van der Waals surface area contributed by atoms with Gasteiger partial charge in [0.15, 0.2) is 0 Å². The molecule has 2 rings (SSSR count). The van der Waals surface area contributed by atoms with E-state index in [-0.39, 0.29) is 18.7 Å². The fraction of sp³-hybridized carbons (Fsp3) is 0.318. The van der Waals surface area contributed by atoms with Crippen LogP contribution < -0.4 is 16.2 Å². The van der Waals surface area contributed by atoms with Crippen molar-refractivity contribution >= 4 is 17.9 Å². The summed E-state index contributed by atoms with van der Waals surface area (Å²) in [6.45, 7) is 5.22. The van der Waals surface area contributed by atoms with Gasteiger partial charge in [0.1, 0.15) is 11.6 Å². The molecular weight excluding hydrogens is 370 g/mol. The van der Waals surface area contributed by atoms with Crippen LogP contribution in [0.25, 0.3) is 0 Å². The third-order valence-electron chi connectivity index (χ3n) is 3.82. The molecule has 0 spiro atoms. The molecule has 0 saturated heterocycles. The van der Waals surface area contributed by atoms with Gasteiger partial charge in [-0.1, -0.05) is 60.7 Å². The Bertz CT molecular complexity index is 817. The topological polar surface area (TPSA) is 96.5 Å². The van der Waals surface area contributed by atoms with Gasteiger partial charge in [-0.15, -0.1) is 0 Å². The summed E-state index contributed by atoms with van der Waals surface area (Å²) < 4.78 is 5.24. The molecule has 2 aromatic rings. The number of benzene rings is 2. The molecule has 0 aliphatic heterocycles. The lowest BCUT2D eigenvalue weighted by Crippen LogP contribution is -2.54. The van der Waals surface area contributed by atoms with Crippen molar-refractivity contribution in [1.82, 2.24) is 16.2 Å². The van der Waals surface area contributed by atoms with Crippen LogP contribution in [0.15, 0.2) is 60.7 Å². The molecule has 2 aromatic carbocycles. The average molecular weight is 397 g/mol.